The number of sulfonamides is 1. The van der Waals surface area contributed by atoms with Crippen LogP contribution in [0.15, 0.2) is 44.7 Å². The van der Waals surface area contributed by atoms with Crippen LogP contribution in [0.3, 0.4) is 0 Å². The molecular formula is C12H12N4O4S. The largest absolute Gasteiger partial charge is 0.363 e. The van der Waals surface area contributed by atoms with E-state index in [1.165, 1.54) is 33.6 Å². The number of benzene rings is 1. The van der Waals surface area contributed by atoms with Crippen molar-refractivity contribution in [2.75, 3.05) is 4.72 Å². The third-order valence-electron chi connectivity index (χ3n) is 3.23. The lowest BCUT2D eigenvalue weighted by molar-refractivity contribution is 0.423. The molecule has 1 N–H and O–H groups in total. The lowest BCUT2D eigenvalue weighted by Crippen LogP contribution is -2.19. The van der Waals surface area contributed by atoms with Gasteiger partial charge in [-0.1, -0.05) is 5.16 Å². The first kappa shape index (κ1) is 13.4. The smallest absolute Gasteiger partial charge is 0.328 e. The number of nitrogens with one attached hydrogen (secondary N) is 1. The van der Waals surface area contributed by atoms with Crippen LogP contribution in [0.5, 0.6) is 0 Å². The summed E-state index contributed by atoms with van der Waals surface area (Å²) in [6.45, 7) is 0. The van der Waals surface area contributed by atoms with Gasteiger partial charge in [0, 0.05) is 20.2 Å². The molecule has 21 heavy (non-hydrogen) atoms. The van der Waals surface area contributed by atoms with E-state index >= 15 is 0 Å². The third kappa shape index (κ3) is 2.11. The van der Waals surface area contributed by atoms with Crippen LogP contribution in [0.4, 0.5) is 5.82 Å². The average molecular weight is 308 g/mol. The van der Waals surface area contributed by atoms with E-state index in [4.69, 9.17) is 0 Å². The van der Waals surface area contributed by atoms with Gasteiger partial charge in [0.1, 0.15) is 6.26 Å². The molecule has 1 aromatic carbocycles. The molecule has 0 aliphatic rings. The fourth-order valence-electron chi connectivity index (χ4n) is 2.12. The molecule has 3 rings (SSSR count). The first-order valence-electron chi connectivity index (χ1n) is 5.99. The molecule has 0 aliphatic heterocycles. The maximum atomic E-state index is 12.3. The van der Waals surface area contributed by atoms with Gasteiger partial charge in [-0.2, -0.15) is 0 Å². The van der Waals surface area contributed by atoms with Gasteiger partial charge in [0.05, 0.1) is 15.9 Å². The molecule has 0 amide bonds. The van der Waals surface area contributed by atoms with Crippen LogP contribution in [0, 0.1) is 0 Å². The minimum absolute atomic E-state index is 0.0409. The summed E-state index contributed by atoms with van der Waals surface area (Å²) < 4.78 is 34.2. The highest BCUT2D eigenvalue weighted by molar-refractivity contribution is 7.92. The quantitative estimate of drug-likeness (QED) is 0.766. The standard InChI is InChI=1S/C12H12N4O4S/c1-15-9-4-3-8(7-10(9)16(2)12(15)17)21(18,19)14-11-5-6-20-13-11/h3-7H,1-2H3,(H,13,14). The van der Waals surface area contributed by atoms with Gasteiger partial charge in [-0.3, -0.25) is 13.9 Å². The summed E-state index contributed by atoms with van der Waals surface area (Å²) in [5, 5.41) is 3.50. The summed E-state index contributed by atoms with van der Waals surface area (Å²) in [6, 6.07) is 5.87. The molecule has 0 saturated carbocycles. The minimum atomic E-state index is -3.79. The Kier molecular flexibility index (Phi) is 2.87. The van der Waals surface area contributed by atoms with E-state index in [1.807, 2.05) is 0 Å². The molecule has 3 aromatic rings. The number of fused-ring (bicyclic) bond motifs is 1. The molecule has 0 bridgehead atoms. The van der Waals surface area contributed by atoms with Crippen molar-refractivity contribution in [2.24, 2.45) is 14.1 Å². The summed E-state index contributed by atoms with van der Waals surface area (Å²) in [4.78, 5) is 11.9. The van der Waals surface area contributed by atoms with Crippen LogP contribution in [0.25, 0.3) is 11.0 Å². The first-order chi connectivity index (χ1) is 9.90. The van der Waals surface area contributed by atoms with Gasteiger partial charge in [0.15, 0.2) is 5.82 Å². The summed E-state index contributed by atoms with van der Waals surface area (Å²) >= 11 is 0. The van der Waals surface area contributed by atoms with Crippen LogP contribution < -0.4 is 10.4 Å². The van der Waals surface area contributed by atoms with Crippen LogP contribution in [-0.4, -0.2) is 22.7 Å². The van der Waals surface area contributed by atoms with Crippen molar-refractivity contribution in [2.45, 2.75) is 4.90 Å². The van der Waals surface area contributed by atoms with Gasteiger partial charge >= 0.3 is 5.69 Å². The molecule has 9 heteroatoms. The van der Waals surface area contributed by atoms with Crippen LogP contribution in [0.1, 0.15) is 0 Å². The van der Waals surface area contributed by atoms with Crippen LogP contribution >= 0.6 is 0 Å². The maximum Gasteiger partial charge on any atom is 0.328 e. The zero-order valence-electron chi connectivity index (χ0n) is 11.3. The van der Waals surface area contributed by atoms with Gasteiger partial charge in [-0.15, -0.1) is 0 Å². The van der Waals surface area contributed by atoms with E-state index in [-0.39, 0.29) is 16.4 Å². The number of rotatable bonds is 3. The van der Waals surface area contributed by atoms with Crippen molar-refractivity contribution in [3.8, 4) is 0 Å². The van der Waals surface area contributed by atoms with Crippen LogP contribution in [0.2, 0.25) is 0 Å². The van der Waals surface area contributed by atoms with E-state index < -0.39 is 10.0 Å². The number of aromatic nitrogens is 3. The summed E-state index contributed by atoms with van der Waals surface area (Å²) in [6.07, 6.45) is 1.27. The highest BCUT2D eigenvalue weighted by Gasteiger charge is 2.18. The highest BCUT2D eigenvalue weighted by atomic mass is 32.2. The minimum Gasteiger partial charge on any atom is -0.363 e. The van der Waals surface area contributed by atoms with Gasteiger partial charge < -0.3 is 4.52 Å². The fraction of sp³-hybridized carbons (Fsp3) is 0.167. The lowest BCUT2D eigenvalue weighted by Gasteiger charge is -2.05. The second-order valence-corrected chi connectivity index (χ2v) is 6.22. The number of aryl methyl sites for hydroxylation is 2. The zero-order valence-corrected chi connectivity index (χ0v) is 12.1. The van der Waals surface area contributed by atoms with Gasteiger partial charge in [-0.05, 0) is 18.2 Å². The molecule has 2 heterocycles. The number of hydrogen-bond acceptors (Lipinski definition) is 5. The maximum absolute atomic E-state index is 12.3. The zero-order chi connectivity index (χ0) is 15.2. The third-order valence-corrected chi connectivity index (χ3v) is 4.58. The topological polar surface area (TPSA) is 99.1 Å². The molecule has 0 saturated heterocycles. The average Bonchev–Trinajstić information content (AvgIpc) is 3.02. The molecular weight excluding hydrogens is 296 g/mol. The normalized spacial score (nSPS) is 11.9. The summed E-state index contributed by atoms with van der Waals surface area (Å²) in [5.74, 6) is 0.0945. The fourth-order valence-corrected chi connectivity index (χ4v) is 3.13. The van der Waals surface area contributed by atoms with Gasteiger partial charge in [0.25, 0.3) is 10.0 Å². The van der Waals surface area contributed by atoms with Gasteiger partial charge in [-0.25, -0.2) is 13.2 Å². The number of anilines is 1. The summed E-state index contributed by atoms with van der Waals surface area (Å²) in [7, 11) is -0.571. The molecule has 0 unspecified atom stereocenters. The van der Waals surface area contributed by atoms with E-state index in [0.717, 1.165) is 0 Å². The Bertz CT molecular complexity index is 967. The predicted molar refractivity (Wildman–Crippen MR) is 75.5 cm³/mol. The lowest BCUT2D eigenvalue weighted by atomic mass is 10.3. The van der Waals surface area contributed by atoms with Crippen molar-refractivity contribution < 1.29 is 12.9 Å². The van der Waals surface area contributed by atoms with E-state index in [0.29, 0.717) is 11.0 Å². The monoisotopic (exact) mass is 308 g/mol. The second-order valence-electron chi connectivity index (χ2n) is 4.54. The molecule has 0 fully saturated rings. The number of hydrogen-bond donors (Lipinski definition) is 1. The Balaban J connectivity index is 2.13. The second kappa shape index (κ2) is 4.48. The Morgan fingerprint density at radius 1 is 1.14 bits per heavy atom. The van der Waals surface area contributed by atoms with Crippen molar-refractivity contribution in [3.63, 3.8) is 0 Å². The van der Waals surface area contributed by atoms with E-state index in [2.05, 4.69) is 14.4 Å². The van der Waals surface area contributed by atoms with Crippen LogP contribution in [-0.2, 0) is 24.1 Å². The predicted octanol–water partition coefficient (Wildman–Crippen LogP) is 0.666. The molecule has 2 aromatic heterocycles. The molecule has 8 nitrogen and oxygen atoms in total. The number of nitrogens with zero attached hydrogens (tertiary/aromatic N) is 3. The van der Waals surface area contributed by atoms with E-state index in [1.54, 1.807) is 20.2 Å². The molecule has 110 valence electrons. The highest BCUT2D eigenvalue weighted by Crippen LogP contribution is 2.19. The SMILES string of the molecule is Cn1c(=O)n(C)c2cc(S(=O)(=O)Nc3ccon3)ccc21. The Labute approximate surface area is 119 Å². The molecule has 0 spiro atoms. The Morgan fingerprint density at radius 3 is 2.52 bits per heavy atom. The van der Waals surface area contributed by atoms with Crippen molar-refractivity contribution in [1.29, 1.82) is 0 Å². The number of imidazole rings is 1. The van der Waals surface area contributed by atoms with Gasteiger partial charge in [0.2, 0.25) is 0 Å². The summed E-state index contributed by atoms with van der Waals surface area (Å²) in [5.41, 5.74) is 0.970. The van der Waals surface area contributed by atoms with Crippen molar-refractivity contribution in [1.82, 2.24) is 14.3 Å². The van der Waals surface area contributed by atoms with E-state index in [9.17, 15) is 13.2 Å². The van der Waals surface area contributed by atoms with Crippen molar-refractivity contribution in [3.05, 3.63) is 41.0 Å². The molecule has 0 aliphatic carbocycles. The molecule has 0 atom stereocenters. The molecule has 0 radical (unpaired) electrons. The van der Waals surface area contributed by atoms with Crippen molar-refractivity contribution >= 4 is 26.9 Å². The Morgan fingerprint density at radius 2 is 1.86 bits per heavy atom. The Hall–Kier alpha value is -2.55. The first-order valence-corrected chi connectivity index (χ1v) is 7.47.